The van der Waals surface area contributed by atoms with E-state index >= 15 is 0 Å². The molecule has 0 saturated heterocycles. The van der Waals surface area contributed by atoms with E-state index in [9.17, 15) is 5.11 Å². The molecule has 1 aromatic carbocycles. The molecule has 2 aromatic rings. The zero-order valence-electron chi connectivity index (χ0n) is 12.7. The van der Waals surface area contributed by atoms with Gasteiger partial charge in [0.15, 0.2) is 0 Å². The van der Waals surface area contributed by atoms with Crippen LogP contribution in [0.3, 0.4) is 0 Å². The monoisotopic (exact) mass is 284 g/mol. The highest BCUT2D eigenvalue weighted by atomic mass is 16.3. The van der Waals surface area contributed by atoms with Crippen molar-refractivity contribution >= 4 is 11.0 Å². The first-order chi connectivity index (χ1) is 10.2. The Morgan fingerprint density at radius 1 is 1.29 bits per heavy atom. The molecule has 0 radical (unpaired) electrons. The van der Waals surface area contributed by atoms with E-state index in [4.69, 9.17) is 0 Å². The smallest absolute Gasteiger partial charge is 0.112 e. The molecule has 4 atom stereocenters. The van der Waals surface area contributed by atoms with E-state index in [2.05, 4.69) is 22.7 Å². The standard InChI is InChI=1S/C18H24N2O/c1-20-17-5-3-2-4-16(17)19-18(20)11-15(21)10-14-9-12-6-7-13(14)8-12/h2-5,12-15,21H,6-11H2,1H3. The van der Waals surface area contributed by atoms with E-state index in [0.29, 0.717) is 6.42 Å². The lowest BCUT2D eigenvalue weighted by atomic mass is 9.84. The van der Waals surface area contributed by atoms with Gasteiger partial charge in [0.2, 0.25) is 0 Å². The topological polar surface area (TPSA) is 38.0 Å². The fraction of sp³-hybridized carbons (Fsp3) is 0.611. The van der Waals surface area contributed by atoms with Gasteiger partial charge in [-0.1, -0.05) is 18.6 Å². The number of hydrogen-bond donors (Lipinski definition) is 1. The van der Waals surface area contributed by atoms with Gasteiger partial charge in [-0.05, 0) is 55.6 Å². The molecule has 112 valence electrons. The van der Waals surface area contributed by atoms with Crippen LogP contribution in [0.15, 0.2) is 24.3 Å². The Morgan fingerprint density at radius 2 is 2.14 bits per heavy atom. The van der Waals surface area contributed by atoms with E-state index in [-0.39, 0.29) is 6.10 Å². The van der Waals surface area contributed by atoms with Gasteiger partial charge >= 0.3 is 0 Å². The van der Waals surface area contributed by atoms with Gasteiger partial charge in [0.1, 0.15) is 5.82 Å². The molecule has 0 spiro atoms. The molecule has 2 aliphatic carbocycles. The van der Waals surface area contributed by atoms with Crippen molar-refractivity contribution in [2.24, 2.45) is 24.8 Å². The average molecular weight is 284 g/mol. The highest BCUT2D eigenvalue weighted by molar-refractivity contribution is 5.75. The zero-order chi connectivity index (χ0) is 14.4. The van der Waals surface area contributed by atoms with Crippen molar-refractivity contribution in [1.29, 1.82) is 0 Å². The Morgan fingerprint density at radius 3 is 2.86 bits per heavy atom. The van der Waals surface area contributed by atoms with Crippen LogP contribution in [-0.4, -0.2) is 20.8 Å². The van der Waals surface area contributed by atoms with Crippen LogP contribution < -0.4 is 0 Å². The van der Waals surface area contributed by atoms with Crippen LogP contribution in [0, 0.1) is 17.8 Å². The maximum Gasteiger partial charge on any atom is 0.112 e. The second-order valence-electron chi connectivity index (χ2n) is 7.10. The summed E-state index contributed by atoms with van der Waals surface area (Å²) >= 11 is 0. The largest absolute Gasteiger partial charge is 0.393 e. The molecule has 1 aromatic heterocycles. The molecule has 1 heterocycles. The number of imidazole rings is 1. The third-order valence-corrected chi connectivity index (χ3v) is 5.76. The molecule has 3 nitrogen and oxygen atoms in total. The van der Waals surface area contributed by atoms with Crippen LogP contribution in [0.2, 0.25) is 0 Å². The average Bonchev–Trinajstić information content (AvgIpc) is 3.15. The number of benzene rings is 1. The summed E-state index contributed by atoms with van der Waals surface area (Å²) in [6.45, 7) is 0. The number of rotatable bonds is 4. The van der Waals surface area contributed by atoms with Crippen LogP contribution in [0.5, 0.6) is 0 Å². The van der Waals surface area contributed by atoms with E-state index in [1.807, 2.05) is 18.2 Å². The van der Waals surface area contributed by atoms with E-state index < -0.39 is 0 Å². The summed E-state index contributed by atoms with van der Waals surface area (Å²) < 4.78 is 2.12. The van der Waals surface area contributed by atoms with Crippen LogP contribution >= 0.6 is 0 Å². The molecule has 4 rings (SSSR count). The van der Waals surface area contributed by atoms with Gasteiger partial charge < -0.3 is 9.67 Å². The molecular formula is C18H24N2O. The predicted molar refractivity (Wildman–Crippen MR) is 84.0 cm³/mol. The third-order valence-electron chi connectivity index (χ3n) is 5.76. The summed E-state index contributed by atoms with van der Waals surface area (Å²) in [5.74, 6) is 3.62. The zero-order valence-corrected chi connectivity index (χ0v) is 12.7. The Balaban J connectivity index is 1.45. The Hall–Kier alpha value is -1.35. The lowest BCUT2D eigenvalue weighted by Crippen LogP contribution is -2.21. The van der Waals surface area contributed by atoms with Crippen LogP contribution in [0.25, 0.3) is 11.0 Å². The quantitative estimate of drug-likeness (QED) is 0.935. The van der Waals surface area contributed by atoms with Crippen molar-refractivity contribution in [2.45, 2.75) is 44.6 Å². The highest BCUT2D eigenvalue weighted by Gasteiger charge is 2.40. The molecule has 2 aliphatic rings. The maximum absolute atomic E-state index is 10.5. The van der Waals surface area contributed by atoms with Crippen molar-refractivity contribution in [2.75, 3.05) is 0 Å². The number of nitrogens with zero attached hydrogens (tertiary/aromatic N) is 2. The number of hydrogen-bond acceptors (Lipinski definition) is 2. The molecule has 2 bridgehead atoms. The molecular weight excluding hydrogens is 260 g/mol. The number of para-hydroxylation sites is 2. The second-order valence-corrected chi connectivity index (χ2v) is 7.10. The number of aliphatic hydroxyl groups is 1. The van der Waals surface area contributed by atoms with Crippen molar-refractivity contribution < 1.29 is 5.11 Å². The Labute approximate surface area is 126 Å². The minimum atomic E-state index is -0.245. The van der Waals surface area contributed by atoms with Gasteiger partial charge in [-0.25, -0.2) is 4.98 Å². The number of aliphatic hydroxyl groups excluding tert-OH is 1. The van der Waals surface area contributed by atoms with Gasteiger partial charge in [-0.3, -0.25) is 0 Å². The van der Waals surface area contributed by atoms with Gasteiger partial charge in [0.25, 0.3) is 0 Å². The van der Waals surface area contributed by atoms with Crippen LogP contribution in [0.1, 0.15) is 37.9 Å². The van der Waals surface area contributed by atoms with Crippen molar-refractivity contribution in [1.82, 2.24) is 9.55 Å². The molecule has 0 aliphatic heterocycles. The van der Waals surface area contributed by atoms with Gasteiger partial charge in [-0.15, -0.1) is 0 Å². The number of aromatic nitrogens is 2. The maximum atomic E-state index is 10.5. The Kier molecular flexibility index (Phi) is 3.26. The fourth-order valence-corrected chi connectivity index (χ4v) is 4.69. The molecule has 0 amide bonds. The van der Waals surface area contributed by atoms with E-state index in [0.717, 1.165) is 41.0 Å². The van der Waals surface area contributed by atoms with Crippen molar-refractivity contribution in [3.8, 4) is 0 Å². The normalized spacial score (nSPS) is 29.3. The predicted octanol–water partition coefficient (Wildman–Crippen LogP) is 3.30. The van der Waals surface area contributed by atoms with Crippen LogP contribution in [-0.2, 0) is 13.5 Å². The van der Waals surface area contributed by atoms with Gasteiger partial charge in [-0.2, -0.15) is 0 Å². The summed E-state index contributed by atoms with van der Waals surface area (Å²) in [5, 5.41) is 10.5. The SMILES string of the molecule is Cn1c(CC(O)CC2CC3CCC2C3)nc2ccccc21. The summed E-state index contributed by atoms with van der Waals surface area (Å²) in [6, 6.07) is 8.19. The van der Waals surface area contributed by atoms with Crippen LogP contribution in [0.4, 0.5) is 0 Å². The second kappa shape index (κ2) is 5.13. The van der Waals surface area contributed by atoms with E-state index in [1.165, 1.54) is 25.7 Å². The third kappa shape index (κ3) is 2.38. The van der Waals surface area contributed by atoms with Gasteiger partial charge in [0, 0.05) is 13.5 Å². The lowest BCUT2D eigenvalue weighted by Gasteiger charge is -2.24. The first kappa shape index (κ1) is 13.3. The lowest BCUT2D eigenvalue weighted by molar-refractivity contribution is 0.122. The minimum absolute atomic E-state index is 0.245. The molecule has 4 unspecified atom stereocenters. The van der Waals surface area contributed by atoms with Gasteiger partial charge in [0.05, 0.1) is 17.1 Å². The molecule has 21 heavy (non-hydrogen) atoms. The first-order valence-electron chi connectivity index (χ1n) is 8.29. The molecule has 2 fully saturated rings. The minimum Gasteiger partial charge on any atom is -0.393 e. The fourth-order valence-electron chi connectivity index (χ4n) is 4.69. The number of aryl methyl sites for hydroxylation is 1. The molecule has 3 heteroatoms. The molecule has 2 saturated carbocycles. The summed E-state index contributed by atoms with van der Waals surface area (Å²) in [5.41, 5.74) is 2.18. The Bertz CT molecular complexity index is 648. The van der Waals surface area contributed by atoms with Crippen molar-refractivity contribution in [3.05, 3.63) is 30.1 Å². The molecule has 1 N–H and O–H groups in total. The first-order valence-corrected chi connectivity index (χ1v) is 8.29. The van der Waals surface area contributed by atoms with Crippen molar-refractivity contribution in [3.63, 3.8) is 0 Å². The summed E-state index contributed by atoms with van der Waals surface area (Å²) in [4.78, 5) is 4.68. The summed E-state index contributed by atoms with van der Waals surface area (Å²) in [7, 11) is 2.05. The summed E-state index contributed by atoms with van der Waals surface area (Å²) in [6.07, 6.45) is 7.00. The van der Waals surface area contributed by atoms with E-state index in [1.54, 1.807) is 0 Å². The highest BCUT2D eigenvalue weighted by Crippen LogP contribution is 2.49. The number of fused-ring (bicyclic) bond motifs is 3.